The molecule has 4 nitrogen and oxygen atoms in total. The van der Waals surface area contributed by atoms with Crippen LogP contribution < -0.4 is 10.6 Å². The molecule has 108 valence electrons. The van der Waals surface area contributed by atoms with Crippen LogP contribution in [0.3, 0.4) is 0 Å². The number of carbonyl (C=O) groups excluding carboxylic acids is 2. The Balaban J connectivity index is 2.23. The molecule has 0 spiro atoms. The van der Waals surface area contributed by atoms with E-state index in [1.165, 1.54) is 0 Å². The zero-order chi connectivity index (χ0) is 15.2. The molecule has 0 radical (unpaired) electrons. The lowest BCUT2D eigenvalue weighted by molar-refractivity contribution is -0.122. The predicted molar refractivity (Wildman–Crippen MR) is 84.9 cm³/mol. The van der Waals surface area contributed by atoms with Crippen LogP contribution in [0.2, 0.25) is 0 Å². The molecule has 2 aromatic rings. The molecule has 2 aromatic carbocycles. The summed E-state index contributed by atoms with van der Waals surface area (Å²) >= 11 is 3.32. The zero-order valence-corrected chi connectivity index (χ0v) is 13.1. The van der Waals surface area contributed by atoms with E-state index in [0.717, 1.165) is 10.0 Å². The van der Waals surface area contributed by atoms with Crippen LogP contribution in [0.15, 0.2) is 59.1 Å². The zero-order valence-electron chi connectivity index (χ0n) is 11.5. The molecule has 1 atom stereocenters. The summed E-state index contributed by atoms with van der Waals surface area (Å²) in [6.07, 6.45) is 0. The van der Waals surface area contributed by atoms with Gasteiger partial charge in [0.2, 0.25) is 5.91 Å². The highest BCUT2D eigenvalue weighted by atomic mass is 79.9. The number of hydrogen-bond acceptors (Lipinski definition) is 2. The van der Waals surface area contributed by atoms with Gasteiger partial charge in [-0.15, -0.1) is 0 Å². The third-order valence-electron chi connectivity index (χ3n) is 3.00. The normalized spacial score (nSPS) is 11.5. The van der Waals surface area contributed by atoms with Gasteiger partial charge in [0.15, 0.2) is 0 Å². The summed E-state index contributed by atoms with van der Waals surface area (Å²) in [6, 6.07) is 15.4. The summed E-state index contributed by atoms with van der Waals surface area (Å²) < 4.78 is 0.811. The Morgan fingerprint density at radius 2 is 1.76 bits per heavy atom. The average molecular weight is 347 g/mol. The molecule has 0 aliphatic heterocycles. The summed E-state index contributed by atoms with van der Waals surface area (Å²) in [5.41, 5.74) is 1.23. The molecule has 0 aliphatic rings. The number of benzene rings is 2. The van der Waals surface area contributed by atoms with Crippen LogP contribution in [-0.2, 0) is 4.79 Å². The minimum Gasteiger partial charge on any atom is -0.357 e. The molecular formula is C16H15BrN2O2. The lowest BCUT2D eigenvalue weighted by atomic mass is 10.1. The van der Waals surface area contributed by atoms with E-state index in [2.05, 4.69) is 26.6 Å². The van der Waals surface area contributed by atoms with Gasteiger partial charge in [0.25, 0.3) is 5.91 Å². The lowest BCUT2D eigenvalue weighted by Crippen LogP contribution is -2.39. The van der Waals surface area contributed by atoms with Crippen molar-refractivity contribution in [3.63, 3.8) is 0 Å². The van der Waals surface area contributed by atoms with Gasteiger partial charge >= 0.3 is 0 Å². The highest BCUT2D eigenvalue weighted by molar-refractivity contribution is 9.10. The molecule has 0 unspecified atom stereocenters. The summed E-state index contributed by atoms with van der Waals surface area (Å²) in [5, 5.41) is 5.32. The summed E-state index contributed by atoms with van der Waals surface area (Å²) in [6.45, 7) is 0. The second kappa shape index (κ2) is 7.04. The number of hydrogen-bond donors (Lipinski definition) is 2. The maximum Gasteiger partial charge on any atom is 0.252 e. The van der Waals surface area contributed by atoms with Gasteiger partial charge in [0.05, 0.1) is 0 Å². The van der Waals surface area contributed by atoms with Crippen LogP contribution in [-0.4, -0.2) is 18.9 Å². The summed E-state index contributed by atoms with van der Waals surface area (Å²) in [5.74, 6) is -0.557. The van der Waals surface area contributed by atoms with Crippen molar-refractivity contribution in [2.24, 2.45) is 0 Å². The number of nitrogens with one attached hydrogen (secondary N) is 2. The average Bonchev–Trinajstić information content (AvgIpc) is 2.52. The van der Waals surface area contributed by atoms with Crippen LogP contribution in [0, 0.1) is 0 Å². The number of likely N-dealkylation sites (N-methyl/N-ethyl adjacent to an activating group) is 1. The molecule has 0 bridgehead atoms. The van der Waals surface area contributed by atoms with Crippen molar-refractivity contribution in [1.82, 2.24) is 10.6 Å². The topological polar surface area (TPSA) is 58.2 Å². The van der Waals surface area contributed by atoms with Crippen molar-refractivity contribution in [2.45, 2.75) is 6.04 Å². The first-order chi connectivity index (χ1) is 10.1. The first-order valence-electron chi connectivity index (χ1n) is 6.45. The fourth-order valence-corrected chi connectivity index (χ4v) is 2.33. The van der Waals surface area contributed by atoms with E-state index in [9.17, 15) is 9.59 Å². The van der Waals surface area contributed by atoms with Gasteiger partial charge in [-0.25, -0.2) is 0 Å². The molecule has 0 aliphatic carbocycles. The minimum atomic E-state index is -0.720. The Morgan fingerprint density at radius 3 is 2.38 bits per heavy atom. The number of amides is 2. The molecule has 2 amide bonds. The van der Waals surface area contributed by atoms with Crippen LogP contribution in [0.25, 0.3) is 0 Å². The molecule has 21 heavy (non-hydrogen) atoms. The van der Waals surface area contributed by atoms with Gasteiger partial charge in [-0.3, -0.25) is 9.59 Å². The summed E-state index contributed by atoms with van der Waals surface area (Å²) in [7, 11) is 1.55. The largest absolute Gasteiger partial charge is 0.357 e. The smallest absolute Gasteiger partial charge is 0.252 e. The van der Waals surface area contributed by atoms with Gasteiger partial charge in [-0.1, -0.05) is 52.3 Å². The number of rotatable bonds is 4. The number of carbonyl (C=O) groups is 2. The maximum absolute atomic E-state index is 12.3. The third kappa shape index (κ3) is 3.92. The Kier molecular flexibility index (Phi) is 5.11. The van der Waals surface area contributed by atoms with Crippen LogP contribution >= 0.6 is 15.9 Å². The molecule has 0 heterocycles. The van der Waals surface area contributed by atoms with Gasteiger partial charge in [0.1, 0.15) is 6.04 Å². The van der Waals surface area contributed by atoms with Crippen molar-refractivity contribution in [2.75, 3.05) is 7.05 Å². The van der Waals surface area contributed by atoms with Crippen LogP contribution in [0.5, 0.6) is 0 Å². The van der Waals surface area contributed by atoms with Crippen molar-refractivity contribution in [1.29, 1.82) is 0 Å². The molecule has 0 fully saturated rings. The molecular weight excluding hydrogens is 332 g/mol. The quantitative estimate of drug-likeness (QED) is 0.894. The lowest BCUT2D eigenvalue weighted by Gasteiger charge is -2.17. The van der Waals surface area contributed by atoms with Gasteiger partial charge in [-0.2, -0.15) is 0 Å². The second-order valence-electron chi connectivity index (χ2n) is 4.44. The minimum absolute atomic E-state index is 0.260. The SMILES string of the molecule is CNC(=O)[C@@H](NC(=O)c1cccc(Br)c1)c1ccccc1. The van der Waals surface area contributed by atoms with E-state index in [1.54, 1.807) is 37.4 Å². The van der Waals surface area contributed by atoms with Crippen molar-refractivity contribution in [3.8, 4) is 0 Å². The van der Waals surface area contributed by atoms with E-state index < -0.39 is 6.04 Å². The Labute approximate surface area is 131 Å². The van der Waals surface area contributed by atoms with E-state index in [-0.39, 0.29) is 11.8 Å². The fourth-order valence-electron chi connectivity index (χ4n) is 1.93. The van der Waals surface area contributed by atoms with Gasteiger partial charge in [0, 0.05) is 17.1 Å². The molecule has 2 rings (SSSR count). The van der Waals surface area contributed by atoms with E-state index in [0.29, 0.717) is 5.56 Å². The van der Waals surface area contributed by atoms with Crippen LogP contribution in [0.4, 0.5) is 0 Å². The van der Waals surface area contributed by atoms with Crippen molar-refractivity contribution >= 4 is 27.7 Å². The molecule has 2 N–H and O–H groups in total. The Morgan fingerprint density at radius 1 is 1.05 bits per heavy atom. The molecule has 0 saturated carbocycles. The second-order valence-corrected chi connectivity index (χ2v) is 5.36. The molecule has 5 heteroatoms. The fraction of sp³-hybridized carbons (Fsp3) is 0.125. The van der Waals surface area contributed by atoms with Gasteiger partial charge in [-0.05, 0) is 23.8 Å². The predicted octanol–water partition coefficient (Wildman–Crippen LogP) is 2.67. The Bertz CT molecular complexity index is 644. The standard InChI is InChI=1S/C16H15BrN2O2/c1-18-16(21)14(11-6-3-2-4-7-11)19-15(20)12-8-5-9-13(17)10-12/h2-10,14H,1H3,(H,18,21)(H,19,20)/t14-/m0/s1. The van der Waals surface area contributed by atoms with Crippen LogP contribution in [0.1, 0.15) is 22.0 Å². The summed E-state index contributed by atoms with van der Waals surface area (Å²) in [4.78, 5) is 24.3. The number of halogens is 1. The van der Waals surface area contributed by atoms with E-state index >= 15 is 0 Å². The molecule has 0 aromatic heterocycles. The third-order valence-corrected chi connectivity index (χ3v) is 3.50. The first kappa shape index (κ1) is 15.3. The first-order valence-corrected chi connectivity index (χ1v) is 7.24. The highest BCUT2D eigenvalue weighted by Gasteiger charge is 2.22. The van der Waals surface area contributed by atoms with E-state index in [4.69, 9.17) is 0 Å². The van der Waals surface area contributed by atoms with Gasteiger partial charge < -0.3 is 10.6 Å². The van der Waals surface area contributed by atoms with Crippen molar-refractivity contribution < 1.29 is 9.59 Å². The van der Waals surface area contributed by atoms with Crippen molar-refractivity contribution in [3.05, 3.63) is 70.2 Å². The monoisotopic (exact) mass is 346 g/mol. The Hall–Kier alpha value is -2.14. The maximum atomic E-state index is 12.3. The van der Waals surface area contributed by atoms with E-state index in [1.807, 2.05) is 24.3 Å². The molecule has 0 saturated heterocycles. The highest BCUT2D eigenvalue weighted by Crippen LogP contribution is 2.16.